The number of nitrogens with one attached hydrogen (secondary N) is 1. The molecule has 1 aromatic carbocycles. The second-order valence-electron chi connectivity index (χ2n) is 6.74. The van der Waals surface area contributed by atoms with Gasteiger partial charge in [-0.3, -0.25) is 4.79 Å². The number of carbonyl (C=O) groups is 1. The lowest BCUT2D eigenvalue weighted by Crippen LogP contribution is -2.26. The summed E-state index contributed by atoms with van der Waals surface area (Å²) in [6.45, 7) is 0.377. The lowest BCUT2D eigenvalue weighted by atomic mass is 9.87. The molecular formula is C20H26N2O4. The van der Waals surface area contributed by atoms with Crippen LogP contribution in [0.25, 0.3) is 11.3 Å². The van der Waals surface area contributed by atoms with Crippen LogP contribution in [0.4, 0.5) is 0 Å². The zero-order chi connectivity index (χ0) is 18.4. The van der Waals surface area contributed by atoms with Gasteiger partial charge in [-0.15, -0.1) is 0 Å². The first-order valence-corrected chi connectivity index (χ1v) is 9.14. The van der Waals surface area contributed by atoms with Crippen LogP contribution in [0.1, 0.15) is 44.2 Å². The van der Waals surface area contributed by atoms with E-state index in [-0.39, 0.29) is 5.91 Å². The van der Waals surface area contributed by atoms with E-state index in [1.807, 2.05) is 24.3 Å². The average molecular weight is 358 g/mol. The average Bonchev–Trinajstić information content (AvgIpc) is 3.15. The second kappa shape index (κ2) is 8.74. The van der Waals surface area contributed by atoms with E-state index in [9.17, 15) is 4.79 Å². The molecule has 1 aliphatic rings. The van der Waals surface area contributed by atoms with E-state index in [1.165, 1.54) is 32.1 Å². The van der Waals surface area contributed by atoms with Gasteiger partial charge in [-0.1, -0.05) is 24.4 Å². The van der Waals surface area contributed by atoms with Crippen LogP contribution in [0.3, 0.4) is 0 Å². The highest BCUT2D eigenvalue weighted by Crippen LogP contribution is 2.32. The fourth-order valence-corrected chi connectivity index (χ4v) is 3.44. The fraction of sp³-hybridized carbons (Fsp3) is 0.500. The van der Waals surface area contributed by atoms with E-state index in [2.05, 4.69) is 10.5 Å². The maximum Gasteiger partial charge on any atom is 0.220 e. The van der Waals surface area contributed by atoms with Crippen molar-refractivity contribution in [2.75, 3.05) is 14.2 Å². The van der Waals surface area contributed by atoms with Crippen molar-refractivity contribution >= 4 is 5.91 Å². The highest BCUT2D eigenvalue weighted by molar-refractivity contribution is 5.76. The molecule has 1 amide bonds. The zero-order valence-corrected chi connectivity index (χ0v) is 15.4. The molecule has 0 atom stereocenters. The standard InChI is InChI=1S/C20H26N2O4/c1-24-17-9-8-15(11-19(17)25-2)18-12-16(22-26-18)13-21-20(23)10-14-6-4-3-5-7-14/h8-9,11-12,14H,3-7,10,13H2,1-2H3,(H,21,23). The Balaban J connectivity index is 1.57. The molecule has 0 saturated heterocycles. The van der Waals surface area contributed by atoms with Gasteiger partial charge in [0.2, 0.25) is 5.91 Å². The summed E-state index contributed by atoms with van der Waals surface area (Å²) in [5.74, 6) is 2.54. The van der Waals surface area contributed by atoms with E-state index in [0.29, 0.717) is 41.8 Å². The van der Waals surface area contributed by atoms with Crippen molar-refractivity contribution in [3.8, 4) is 22.8 Å². The maximum absolute atomic E-state index is 12.1. The highest BCUT2D eigenvalue weighted by Gasteiger charge is 2.17. The first kappa shape index (κ1) is 18.3. The molecule has 0 spiro atoms. The molecule has 1 saturated carbocycles. The lowest BCUT2D eigenvalue weighted by Gasteiger charge is -2.20. The Morgan fingerprint density at radius 1 is 1.15 bits per heavy atom. The minimum absolute atomic E-state index is 0.0903. The number of ether oxygens (including phenoxy) is 2. The van der Waals surface area contributed by atoms with Crippen LogP contribution < -0.4 is 14.8 Å². The number of methoxy groups -OCH3 is 2. The van der Waals surface area contributed by atoms with Gasteiger partial charge in [0.05, 0.1) is 20.8 Å². The van der Waals surface area contributed by atoms with Crippen molar-refractivity contribution < 1.29 is 18.8 Å². The van der Waals surface area contributed by atoms with Crippen LogP contribution in [0.2, 0.25) is 0 Å². The van der Waals surface area contributed by atoms with E-state index in [0.717, 1.165) is 5.56 Å². The third kappa shape index (κ3) is 4.56. The van der Waals surface area contributed by atoms with Crippen LogP contribution in [0, 0.1) is 5.92 Å². The summed E-state index contributed by atoms with van der Waals surface area (Å²) in [6, 6.07) is 7.38. The van der Waals surface area contributed by atoms with E-state index in [1.54, 1.807) is 14.2 Å². The summed E-state index contributed by atoms with van der Waals surface area (Å²) >= 11 is 0. The largest absolute Gasteiger partial charge is 0.493 e. The summed E-state index contributed by atoms with van der Waals surface area (Å²) in [6.07, 6.45) is 6.74. The van der Waals surface area contributed by atoms with Gasteiger partial charge >= 0.3 is 0 Å². The Labute approximate surface area is 153 Å². The molecule has 1 aliphatic carbocycles. The minimum Gasteiger partial charge on any atom is -0.493 e. The number of hydrogen-bond acceptors (Lipinski definition) is 5. The molecule has 1 N–H and O–H groups in total. The van der Waals surface area contributed by atoms with Gasteiger partial charge in [-0.05, 0) is 37.0 Å². The topological polar surface area (TPSA) is 73.6 Å². The predicted molar refractivity (Wildman–Crippen MR) is 98.1 cm³/mol. The molecule has 2 aromatic rings. The van der Waals surface area contributed by atoms with Crippen LogP contribution >= 0.6 is 0 Å². The van der Waals surface area contributed by atoms with Crippen molar-refractivity contribution in [3.05, 3.63) is 30.0 Å². The van der Waals surface area contributed by atoms with Gasteiger partial charge in [0.15, 0.2) is 17.3 Å². The van der Waals surface area contributed by atoms with Gasteiger partial charge in [-0.25, -0.2) is 0 Å². The zero-order valence-electron chi connectivity index (χ0n) is 15.4. The third-order valence-electron chi connectivity index (χ3n) is 4.89. The van der Waals surface area contributed by atoms with Gasteiger partial charge in [0.1, 0.15) is 5.69 Å². The predicted octanol–water partition coefficient (Wildman–Crippen LogP) is 3.95. The van der Waals surface area contributed by atoms with Gasteiger partial charge in [0, 0.05) is 18.1 Å². The molecule has 26 heavy (non-hydrogen) atoms. The van der Waals surface area contributed by atoms with Crippen molar-refractivity contribution in [2.45, 2.75) is 45.1 Å². The first-order valence-electron chi connectivity index (χ1n) is 9.14. The van der Waals surface area contributed by atoms with Crippen molar-refractivity contribution in [1.82, 2.24) is 10.5 Å². The summed E-state index contributed by atoms with van der Waals surface area (Å²) in [7, 11) is 3.19. The number of hydrogen-bond donors (Lipinski definition) is 1. The number of aromatic nitrogens is 1. The quantitative estimate of drug-likeness (QED) is 0.811. The SMILES string of the molecule is COc1ccc(-c2cc(CNC(=O)CC3CCCCC3)no2)cc1OC. The molecular weight excluding hydrogens is 332 g/mol. The molecule has 1 fully saturated rings. The third-order valence-corrected chi connectivity index (χ3v) is 4.89. The molecule has 0 radical (unpaired) electrons. The Hall–Kier alpha value is -2.50. The summed E-state index contributed by atoms with van der Waals surface area (Å²) < 4.78 is 16.0. The molecule has 1 aromatic heterocycles. The minimum atomic E-state index is 0.0903. The van der Waals surface area contributed by atoms with Gasteiger partial charge in [0.25, 0.3) is 0 Å². The number of carbonyl (C=O) groups excluding carboxylic acids is 1. The number of nitrogens with zero attached hydrogens (tertiary/aromatic N) is 1. The molecule has 0 unspecified atom stereocenters. The molecule has 3 rings (SSSR count). The molecule has 0 bridgehead atoms. The normalized spacial score (nSPS) is 14.8. The maximum atomic E-state index is 12.1. The van der Waals surface area contributed by atoms with E-state index in [4.69, 9.17) is 14.0 Å². The van der Waals surface area contributed by atoms with Gasteiger partial charge < -0.3 is 19.3 Å². The fourth-order valence-electron chi connectivity index (χ4n) is 3.44. The molecule has 1 heterocycles. The van der Waals surface area contributed by atoms with Gasteiger partial charge in [-0.2, -0.15) is 0 Å². The van der Waals surface area contributed by atoms with Crippen LogP contribution in [0.15, 0.2) is 28.8 Å². The Morgan fingerprint density at radius 3 is 2.65 bits per heavy atom. The van der Waals surface area contributed by atoms with Crippen LogP contribution in [-0.4, -0.2) is 25.3 Å². The summed E-state index contributed by atoms with van der Waals surface area (Å²) in [5.41, 5.74) is 1.54. The molecule has 140 valence electrons. The second-order valence-corrected chi connectivity index (χ2v) is 6.74. The summed E-state index contributed by atoms with van der Waals surface area (Å²) in [4.78, 5) is 12.1. The van der Waals surface area contributed by atoms with E-state index < -0.39 is 0 Å². The van der Waals surface area contributed by atoms with Crippen molar-refractivity contribution in [2.24, 2.45) is 5.92 Å². The summed E-state index contributed by atoms with van der Waals surface area (Å²) in [5, 5.41) is 6.99. The lowest BCUT2D eigenvalue weighted by molar-refractivity contribution is -0.122. The number of rotatable bonds is 7. The first-order chi connectivity index (χ1) is 12.7. The van der Waals surface area contributed by atoms with E-state index >= 15 is 0 Å². The Morgan fingerprint density at radius 2 is 1.92 bits per heavy atom. The van der Waals surface area contributed by atoms with Crippen molar-refractivity contribution in [1.29, 1.82) is 0 Å². The van der Waals surface area contributed by atoms with Crippen molar-refractivity contribution in [3.63, 3.8) is 0 Å². The highest BCUT2D eigenvalue weighted by atomic mass is 16.5. The Kier molecular flexibility index (Phi) is 6.15. The molecule has 6 nitrogen and oxygen atoms in total. The number of benzene rings is 1. The van der Waals surface area contributed by atoms with Crippen LogP contribution in [-0.2, 0) is 11.3 Å². The Bertz CT molecular complexity index is 735. The number of amides is 1. The molecule has 0 aliphatic heterocycles. The monoisotopic (exact) mass is 358 g/mol. The smallest absolute Gasteiger partial charge is 0.220 e. The molecule has 6 heteroatoms. The van der Waals surface area contributed by atoms with Crippen LogP contribution in [0.5, 0.6) is 11.5 Å².